The van der Waals surface area contributed by atoms with E-state index in [9.17, 15) is 4.79 Å². The lowest BCUT2D eigenvalue weighted by Gasteiger charge is -2.21. The van der Waals surface area contributed by atoms with Crippen LogP contribution in [-0.4, -0.2) is 30.6 Å². The van der Waals surface area contributed by atoms with Gasteiger partial charge in [-0.25, -0.2) is 4.79 Å². The van der Waals surface area contributed by atoms with Gasteiger partial charge in [0.2, 0.25) is 5.76 Å². The minimum absolute atomic E-state index is 0.307. The number of hydrogen-bond donors (Lipinski definition) is 1. The smallest absolute Gasteiger partial charge is 0.374 e. The number of ether oxygens (including phenoxy) is 1. The number of furan rings is 1. The van der Waals surface area contributed by atoms with Crippen molar-refractivity contribution in [3.8, 4) is 0 Å². The zero-order chi connectivity index (χ0) is 12.8. The average Bonchev–Trinajstić information content (AvgIpc) is 2.87. The van der Waals surface area contributed by atoms with Gasteiger partial charge in [0.15, 0.2) is 0 Å². The van der Waals surface area contributed by atoms with Gasteiger partial charge in [0.25, 0.3) is 0 Å². The molecular formula is C13H19NO3S. The van der Waals surface area contributed by atoms with Crippen molar-refractivity contribution in [1.29, 1.82) is 0 Å². The van der Waals surface area contributed by atoms with E-state index in [2.05, 4.69) is 10.1 Å². The zero-order valence-corrected chi connectivity index (χ0v) is 11.4. The van der Waals surface area contributed by atoms with Crippen molar-refractivity contribution in [3.63, 3.8) is 0 Å². The van der Waals surface area contributed by atoms with Crippen molar-refractivity contribution in [2.24, 2.45) is 0 Å². The van der Waals surface area contributed by atoms with Crippen LogP contribution in [0, 0.1) is 0 Å². The molecule has 0 amide bonds. The second-order valence-corrected chi connectivity index (χ2v) is 5.79. The van der Waals surface area contributed by atoms with Crippen LogP contribution < -0.4 is 5.32 Å². The summed E-state index contributed by atoms with van der Waals surface area (Å²) in [5.74, 6) is 1.16. The van der Waals surface area contributed by atoms with Crippen LogP contribution in [-0.2, 0) is 11.3 Å². The van der Waals surface area contributed by atoms with E-state index in [1.807, 2.05) is 17.8 Å². The van der Waals surface area contributed by atoms with Crippen molar-refractivity contribution < 1.29 is 13.9 Å². The Morgan fingerprint density at radius 1 is 1.61 bits per heavy atom. The van der Waals surface area contributed by atoms with Crippen LogP contribution >= 0.6 is 11.8 Å². The van der Waals surface area contributed by atoms with Crippen LogP contribution in [0.15, 0.2) is 16.7 Å². The molecule has 1 aliphatic heterocycles. The maximum absolute atomic E-state index is 11.4. The van der Waals surface area contributed by atoms with Gasteiger partial charge in [-0.15, -0.1) is 0 Å². The molecule has 4 nitrogen and oxygen atoms in total. The fraction of sp³-hybridized carbons (Fsp3) is 0.615. The van der Waals surface area contributed by atoms with E-state index >= 15 is 0 Å². The normalized spacial score (nSPS) is 19.7. The lowest BCUT2D eigenvalue weighted by molar-refractivity contribution is 0.0563. The first kappa shape index (κ1) is 13.5. The van der Waals surface area contributed by atoms with E-state index in [1.54, 1.807) is 0 Å². The Morgan fingerprint density at radius 2 is 2.50 bits per heavy atom. The van der Waals surface area contributed by atoms with Crippen molar-refractivity contribution in [3.05, 3.63) is 23.7 Å². The number of thioether (sulfide) groups is 1. The number of rotatable bonds is 5. The summed E-state index contributed by atoms with van der Waals surface area (Å²) >= 11 is 2.04. The molecule has 0 radical (unpaired) electrons. The molecule has 5 heteroatoms. The van der Waals surface area contributed by atoms with Gasteiger partial charge in [-0.2, -0.15) is 11.8 Å². The number of methoxy groups -OCH3 is 1. The van der Waals surface area contributed by atoms with E-state index in [-0.39, 0.29) is 0 Å². The summed E-state index contributed by atoms with van der Waals surface area (Å²) in [4.78, 5) is 11.4. The second kappa shape index (κ2) is 6.85. The second-order valence-electron chi connectivity index (χ2n) is 4.39. The highest BCUT2D eigenvalue weighted by Gasteiger charge is 2.17. The highest BCUT2D eigenvalue weighted by molar-refractivity contribution is 7.99. The molecule has 1 saturated heterocycles. The first-order valence-corrected chi connectivity index (χ1v) is 7.33. The van der Waals surface area contributed by atoms with Crippen LogP contribution in [0.2, 0.25) is 0 Å². The standard InChI is InChI=1S/C13H19NO3S/c1-16-13(15)12-10(5-6-17-12)8-14-9-11-4-2-3-7-18-11/h5-6,11,14H,2-4,7-9H2,1H3. The lowest BCUT2D eigenvalue weighted by atomic mass is 10.2. The van der Waals surface area contributed by atoms with Crippen molar-refractivity contribution in [2.75, 3.05) is 19.4 Å². The molecule has 1 fully saturated rings. The van der Waals surface area contributed by atoms with E-state index in [1.165, 1.54) is 38.4 Å². The fourth-order valence-corrected chi connectivity index (χ4v) is 3.36. The van der Waals surface area contributed by atoms with Gasteiger partial charge < -0.3 is 14.5 Å². The molecule has 0 spiro atoms. The molecule has 2 rings (SSSR count). The van der Waals surface area contributed by atoms with Gasteiger partial charge in [0.05, 0.1) is 13.4 Å². The van der Waals surface area contributed by atoms with Gasteiger partial charge >= 0.3 is 5.97 Å². The molecule has 1 aromatic rings. The minimum Gasteiger partial charge on any atom is -0.463 e. The summed E-state index contributed by atoms with van der Waals surface area (Å²) in [6.07, 6.45) is 5.49. The van der Waals surface area contributed by atoms with Crippen LogP contribution in [0.5, 0.6) is 0 Å². The molecule has 0 bridgehead atoms. The summed E-state index contributed by atoms with van der Waals surface area (Å²) in [5, 5.41) is 4.09. The number of carbonyl (C=O) groups excluding carboxylic acids is 1. The zero-order valence-electron chi connectivity index (χ0n) is 10.6. The third-order valence-corrected chi connectivity index (χ3v) is 4.48. The molecule has 100 valence electrons. The molecule has 18 heavy (non-hydrogen) atoms. The molecular weight excluding hydrogens is 250 g/mol. The fourth-order valence-electron chi connectivity index (χ4n) is 2.08. The van der Waals surface area contributed by atoms with E-state index in [0.717, 1.165) is 12.1 Å². The Kier molecular flexibility index (Phi) is 5.13. The highest BCUT2D eigenvalue weighted by atomic mass is 32.2. The summed E-state index contributed by atoms with van der Waals surface area (Å²) in [5.41, 5.74) is 0.864. The quantitative estimate of drug-likeness (QED) is 0.832. The Labute approximate surface area is 111 Å². The van der Waals surface area contributed by atoms with Crippen LogP contribution in [0.3, 0.4) is 0 Å². The third kappa shape index (κ3) is 3.53. The number of carbonyl (C=O) groups is 1. The largest absolute Gasteiger partial charge is 0.463 e. The molecule has 0 aliphatic carbocycles. The summed E-state index contributed by atoms with van der Waals surface area (Å²) < 4.78 is 9.81. The Bertz CT molecular complexity index is 385. The topological polar surface area (TPSA) is 51.5 Å². The van der Waals surface area contributed by atoms with Gasteiger partial charge in [0, 0.05) is 23.9 Å². The van der Waals surface area contributed by atoms with E-state index < -0.39 is 5.97 Å². The SMILES string of the molecule is COC(=O)c1occc1CNCC1CCCCS1. The molecule has 1 aromatic heterocycles. The summed E-state index contributed by atoms with van der Waals surface area (Å²) in [6.45, 7) is 1.63. The summed E-state index contributed by atoms with van der Waals surface area (Å²) in [7, 11) is 1.36. The molecule has 1 aliphatic rings. The van der Waals surface area contributed by atoms with Crippen molar-refractivity contribution in [1.82, 2.24) is 5.32 Å². The first-order chi connectivity index (χ1) is 8.81. The van der Waals surface area contributed by atoms with Gasteiger partial charge in [-0.05, 0) is 24.7 Å². The number of hydrogen-bond acceptors (Lipinski definition) is 5. The van der Waals surface area contributed by atoms with Crippen LogP contribution in [0.1, 0.15) is 35.4 Å². The Balaban J connectivity index is 1.79. The predicted octanol–water partition coefficient (Wildman–Crippen LogP) is 2.44. The Hall–Kier alpha value is -0.940. The van der Waals surface area contributed by atoms with Crippen LogP contribution in [0.25, 0.3) is 0 Å². The molecule has 1 atom stereocenters. The monoisotopic (exact) mass is 269 g/mol. The molecule has 1 N–H and O–H groups in total. The maximum atomic E-state index is 11.4. The number of nitrogens with one attached hydrogen (secondary N) is 1. The minimum atomic E-state index is -0.413. The van der Waals surface area contributed by atoms with Gasteiger partial charge in [0.1, 0.15) is 0 Å². The molecule has 0 aromatic carbocycles. The summed E-state index contributed by atoms with van der Waals surface area (Å²) in [6, 6.07) is 1.81. The first-order valence-electron chi connectivity index (χ1n) is 6.28. The number of esters is 1. The van der Waals surface area contributed by atoms with Crippen molar-refractivity contribution in [2.45, 2.75) is 31.1 Å². The van der Waals surface area contributed by atoms with Crippen molar-refractivity contribution >= 4 is 17.7 Å². The maximum Gasteiger partial charge on any atom is 0.374 e. The third-order valence-electron chi connectivity index (χ3n) is 3.08. The van der Waals surface area contributed by atoms with Crippen LogP contribution in [0.4, 0.5) is 0 Å². The van der Waals surface area contributed by atoms with E-state index in [4.69, 9.17) is 4.42 Å². The lowest BCUT2D eigenvalue weighted by Crippen LogP contribution is -2.26. The van der Waals surface area contributed by atoms with Gasteiger partial charge in [-0.1, -0.05) is 6.42 Å². The molecule has 1 unspecified atom stereocenters. The van der Waals surface area contributed by atoms with E-state index in [0.29, 0.717) is 17.6 Å². The average molecular weight is 269 g/mol. The molecule has 0 saturated carbocycles. The predicted molar refractivity (Wildman–Crippen MR) is 71.9 cm³/mol. The van der Waals surface area contributed by atoms with Gasteiger partial charge in [-0.3, -0.25) is 0 Å². The molecule has 2 heterocycles. The highest BCUT2D eigenvalue weighted by Crippen LogP contribution is 2.24. The Morgan fingerprint density at radius 3 is 3.22 bits per heavy atom.